The Balaban J connectivity index is 1.64. The van der Waals surface area contributed by atoms with Gasteiger partial charge in [-0.2, -0.15) is 4.68 Å². The number of carbonyl (C=O) groups is 1. The van der Waals surface area contributed by atoms with Crippen molar-refractivity contribution in [1.29, 1.82) is 0 Å². The van der Waals surface area contributed by atoms with Crippen molar-refractivity contribution in [3.05, 3.63) is 51.3 Å². The summed E-state index contributed by atoms with van der Waals surface area (Å²) in [6, 6.07) is 7.77. The number of nitrogens with one attached hydrogen (secondary N) is 1. The Morgan fingerprint density at radius 3 is 2.60 bits per heavy atom. The summed E-state index contributed by atoms with van der Waals surface area (Å²) in [5.41, 5.74) is 1.08. The highest BCUT2D eigenvalue weighted by Crippen LogP contribution is 2.40. The third-order valence-electron chi connectivity index (χ3n) is 4.63. The second kappa shape index (κ2) is 7.18. The third-order valence-corrected chi connectivity index (χ3v) is 4.89. The van der Waals surface area contributed by atoms with E-state index in [0.717, 1.165) is 30.4 Å². The van der Waals surface area contributed by atoms with E-state index >= 15 is 0 Å². The van der Waals surface area contributed by atoms with Gasteiger partial charge in [0.2, 0.25) is 12.2 Å². The van der Waals surface area contributed by atoms with Crippen LogP contribution in [-0.4, -0.2) is 32.1 Å². The van der Waals surface area contributed by atoms with Crippen LogP contribution < -0.4 is 5.32 Å². The number of halogens is 1. The van der Waals surface area contributed by atoms with E-state index in [-0.39, 0.29) is 17.9 Å². The molecule has 0 spiro atoms. The largest absolute Gasteiger partial charge is 0.490 e. The highest BCUT2D eigenvalue weighted by atomic mass is 35.5. The summed E-state index contributed by atoms with van der Waals surface area (Å²) in [5, 5.41) is 17.8. The van der Waals surface area contributed by atoms with Gasteiger partial charge in [-0.25, -0.2) is 0 Å². The molecule has 3 rings (SSSR count). The van der Waals surface area contributed by atoms with Gasteiger partial charge in [-0.1, -0.05) is 41.6 Å². The first kappa shape index (κ1) is 17.3. The first-order valence-electron chi connectivity index (χ1n) is 8.05. The Bertz CT molecular complexity index is 768. The lowest BCUT2D eigenvalue weighted by atomic mass is 9.79. The molecular formula is C16H18ClN5O3. The van der Waals surface area contributed by atoms with Crippen molar-refractivity contribution in [2.45, 2.75) is 37.6 Å². The van der Waals surface area contributed by atoms with Crippen LogP contribution in [0.15, 0.2) is 30.6 Å². The molecule has 1 aromatic carbocycles. The van der Waals surface area contributed by atoms with Crippen molar-refractivity contribution in [3.63, 3.8) is 0 Å². The lowest BCUT2D eigenvalue weighted by Crippen LogP contribution is -2.40. The first-order chi connectivity index (χ1) is 12.0. The molecule has 1 amide bonds. The van der Waals surface area contributed by atoms with Gasteiger partial charge in [0.15, 0.2) is 0 Å². The highest BCUT2D eigenvalue weighted by Gasteiger charge is 2.35. The molecule has 0 atom stereocenters. The summed E-state index contributed by atoms with van der Waals surface area (Å²) in [6.07, 6.45) is 5.43. The molecule has 1 N–H and O–H groups in total. The topological polar surface area (TPSA) is 103 Å². The number of rotatable bonds is 6. The van der Waals surface area contributed by atoms with Gasteiger partial charge >= 0.3 is 5.95 Å². The van der Waals surface area contributed by atoms with Crippen LogP contribution >= 0.6 is 11.6 Å². The van der Waals surface area contributed by atoms with E-state index in [9.17, 15) is 14.9 Å². The van der Waals surface area contributed by atoms with Crippen LogP contribution in [-0.2, 0) is 16.8 Å². The smallest absolute Gasteiger partial charge is 0.390 e. The van der Waals surface area contributed by atoms with Gasteiger partial charge in [0.05, 0.1) is 0 Å². The minimum Gasteiger partial charge on any atom is -0.390 e. The van der Waals surface area contributed by atoms with Crippen molar-refractivity contribution in [2.24, 2.45) is 0 Å². The monoisotopic (exact) mass is 363 g/mol. The fraction of sp³-hybridized carbons (Fsp3) is 0.438. The van der Waals surface area contributed by atoms with Gasteiger partial charge in [-0.05, 0) is 35.5 Å². The van der Waals surface area contributed by atoms with E-state index < -0.39 is 10.9 Å². The Labute approximate surface area is 149 Å². The van der Waals surface area contributed by atoms with Crippen molar-refractivity contribution >= 4 is 23.5 Å². The lowest BCUT2D eigenvalue weighted by molar-refractivity contribution is -0.394. The molecule has 132 valence electrons. The quantitative estimate of drug-likeness (QED) is 0.627. The fourth-order valence-corrected chi connectivity index (χ4v) is 3.46. The lowest BCUT2D eigenvalue weighted by Gasteiger charge is -2.30. The Morgan fingerprint density at radius 2 is 2.00 bits per heavy atom. The Kier molecular flexibility index (Phi) is 4.98. The number of aromatic nitrogens is 3. The number of amides is 1. The molecule has 25 heavy (non-hydrogen) atoms. The molecule has 1 saturated carbocycles. The Hall–Kier alpha value is -2.48. The molecule has 1 aromatic heterocycles. The van der Waals surface area contributed by atoms with E-state index in [1.54, 1.807) is 0 Å². The van der Waals surface area contributed by atoms with Crippen LogP contribution in [0, 0.1) is 10.1 Å². The zero-order valence-corrected chi connectivity index (χ0v) is 14.3. The zero-order chi connectivity index (χ0) is 17.9. The molecule has 1 fully saturated rings. The number of hydrogen-bond donors (Lipinski definition) is 1. The molecular weight excluding hydrogens is 346 g/mol. The number of nitrogens with zero attached hydrogens (tertiary/aromatic N) is 4. The van der Waals surface area contributed by atoms with Crippen molar-refractivity contribution in [2.75, 3.05) is 6.54 Å². The van der Waals surface area contributed by atoms with E-state index in [1.165, 1.54) is 11.9 Å². The van der Waals surface area contributed by atoms with Crippen LogP contribution in [0.2, 0.25) is 5.02 Å². The number of carbonyl (C=O) groups excluding carboxylic acids is 1. The minimum absolute atomic E-state index is 0.0887. The second-order valence-electron chi connectivity index (χ2n) is 6.27. The summed E-state index contributed by atoms with van der Waals surface area (Å²) in [7, 11) is 0. The first-order valence-corrected chi connectivity index (χ1v) is 8.43. The normalized spacial score (nSPS) is 15.9. The van der Waals surface area contributed by atoms with Gasteiger partial charge in [-0.15, -0.1) is 0 Å². The van der Waals surface area contributed by atoms with Gasteiger partial charge in [0.1, 0.15) is 6.54 Å². The molecule has 8 nitrogen and oxygen atoms in total. The van der Waals surface area contributed by atoms with Crippen LogP contribution in [0.5, 0.6) is 0 Å². The highest BCUT2D eigenvalue weighted by molar-refractivity contribution is 6.30. The number of nitro groups is 1. The van der Waals surface area contributed by atoms with E-state index in [4.69, 9.17) is 11.6 Å². The maximum atomic E-state index is 12.2. The summed E-state index contributed by atoms with van der Waals surface area (Å²) >= 11 is 5.97. The standard InChI is InChI=1S/C16H18ClN5O3/c17-13-5-3-12(4-6-13)16(7-1-2-8-16)10-18-14(23)9-21-11-19-15(20-21)22(24)25/h3-6,11H,1-2,7-10H2,(H,18,23). The molecule has 0 bridgehead atoms. The number of benzene rings is 1. The minimum atomic E-state index is -0.692. The van der Waals surface area contributed by atoms with Crippen LogP contribution in [0.25, 0.3) is 0 Å². The predicted molar refractivity (Wildman–Crippen MR) is 91.3 cm³/mol. The third kappa shape index (κ3) is 3.96. The maximum absolute atomic E-state index is 12.2. The molecule has 0 radical (unpaired) electrons. The van der Waals surface area contributed by atoms with Crippen molar-refractivity contribution in [3.8, 4) is 0 Å². The summed E-state index contributed by atoms with van der Waals surface area (Å²) < 4.78 is 1.16. The zero-order valence-electron chi connectivity index (χ0n) is 13.5. The van der Waals surface area contributed by atoms with Crippen LogP contribution in [0.3, 0.4) is 0 Å². The van der Waals surface area contributed by atoms with E-state index in [0.29, 0.717) is 11.6 Å². The summed E-state index contributed by atoms with van der Waals surface area (Å²) in [4.78, 5) is 25.6. The number of hydrogen-bond acceptors (Lipinski definition) is 5. The second-order valence-corrected chi connectivity index (χ2v) is 6.71. The molecule has 1 aliphatic rings. The molecule has 0 aliphatic heterocycles. The average molecular weight is 364 g/mol. The maximum Gasteiger partial charge on any atom is 0.490 e. The van der Waals surface area contributed by atoms with Gasteiger partial charge in [0.25, 0.3) is 0 Å². The molecule has 9 heteroatoms. The fourth-order valence-electron chi connectivity index (χ4n) is 3.34. The molecule has 1 aliphatic carbocycles. The van der Waals surface area contributed by atoms with E-state index in [1.807, 2.05) is 24.3 Å². The molecule has 0 saturated heterocycles. The van der Waals surface area contributed by atoms with Crippen LogP contribution in [0.4, 0.5) is 5.95 Å². The molecule has 2 aromatic rings. The summed E-state index contributed by atoms with van der Waals surface area (Å²) in [6.45, 7) is 0.418. The Morgan fingerprint density at radius 1 is 1.32 bits per heavy atom. The summed E-state index contributed by atoms with van der Waals surface area (Å²) in [5.74, 6) is -0.763. The van der Waals surface area contributed by atoms with Gasteiger partial charge < -0.3 is 15.4 Å². The van der Waals surface area contributed by atoms with Crippen LogP contribution in [0.1, 0.15) is 31.2 Å². The van der Waals surface area contributed by atoms with Gasteiger partial charge in [-0.3, -0.25) is 4.79 Å². The molecule has 1 heterocycles. The SMILES string of the molecule is O=C(Cn1cnc([N+](=O)[O-])n1)NCC1(c2ccc(Cl)cc2)CCCC1. The average Bonchev–Trinajstić information content (AvgIpc) is 3.24. The van der Waals surface area contributed by atoms with Crippen molar-refractivity contribution < 1.29 is 9.72 Å². The predicted octanol–water partition coefficient (Wildman–Crippen LogP) is 2.47. The van der Waals surface area contributed by atoms with E-state index in [2.05, 4.69) is 15.4 Å². The molecule has 0 unspecified atom stereocenters. The van der Waals surface area contributed by atoms with Gasteiger partial charge in [0, 0.05) is 22.1 Å². The van der Waals surface area contributed by atoms with Crippen molar-refractivity contribution in [1.82, 2.24) is 20.1 Å².